The molecule has 0 spiro atoms. The monoisotopic (exact) mass is 282 g/mol. The molecule has 0 saturated carbocycles. The highest BCUT2D eigenvalue weighted by Gasteiger charge is 2.35. The lowest BCUT2D eigenvalue weighted by Crippen LogP contribution is -2.49. The van der Waals surface area contributed by atoms with Gasteiger partial charge in [-0.25, -0.2) is 0 Å². The van der Waals surface area contributed by atoms with E-state index in [0.29, 0.717) is 5.41 Å². The Labute approximate surface area is 127 Å². The first-order chi connectivity index (χ1) is 9.21. The fourth-order valence-electron chi connectivity index (χ4n) is 3.59. The second-order valence-corrected chi connectivity index (χ2v) is 8.32. The first-order valence-electron chi connectivity index (χ1n) is 8.71. The summed E-state index contributed by atoms with van der Waals surface area (Å²) in [6.07, 6.45) is 6.68. The van der Waals surface area contributed by atoms with Crippen molar-refractivity contribution in [2.75, 3.05) is 13.1 Å². The van der Waals surface area contributed by atoms with Crippen molar-refractivity contribution < 1.29 is 0 Å². The van der Waals surface area contributed by atoms with Crippen LogP contribution in [0.2, 0.25) is 0 Å². The third-order valence-electron chi connectivity index (χ3n) is 4.89. The van der Waals surface area contributed by atoms with Crippen LogP contribution in [-0.4, -0.2) is 35.6 Å². The average molecular weight is 283 g/mol. The fourth-order valence-corrected chi connectivity index (χ4v) is 3.59. The molecule has 20 heavy (non-hydrogen) atoms. The predicted octanol–water partition coefficient (Wildman–Crippen LogP) is 4.44. The van der Waals surface area contributed by atoms with E-state index in [-0.39, 0.29) is 5.54 Å². The van der Waals surface area contributed by atoms with Gasteiger partial charge in [-0.2, -0.15) is 0 Å². The summed E-state index contributed by atoms with van der Waals surface area (Å²) in [5, 5.41) is 3.74. The Bertz CT molecular complexity index is 282. The molecular weight excluding hydrogens is 244 g/mol. The lowest BCUT2D eigenvalue weighted by atomic mass is 9.83. The molecule has 0 aromatic rings. The summed E-state index contributed by atoms with van der Waals surface area (Å²) in [4.78, 5) is 2.79. The van der Waals surface area contributed by atoms with Crippen molar-refractivity contribution in [3.8, 4) is 0 Å². The van der Waals surface area contributed by atoms with E-state index in [0.717, 1.165) is 18.6 Å². The van der Waals surface area contributed by atoms with Crippen LogP contribution >= 0.6 is 0 Å². The third kappa shape index (κ3) is 5.37. The molecule has 0 aromatic heterocycles. The summed E-state index contributed by atoms with van der Waals surface area (Å²) in [5.74, 6) is 0. The number of rotatable bonds is 7. The first-order valence-corrected chi connectivity index (χ1v) is 8.71. The van der Waals surface area contributed by atoms with Gasteiger partial charge in [0.2, 0.25) is 0 Å². The Morgan fingerprint density at radius 2 is 1.75 bits per heavy atom. The zero-order chi connectivity index (χ0) is 15.4. The van der Waals surface area contributed by atoms with Crippen LogP contribution in [0, 0.1) is 5.41 Å². The van der Waals surface area contributed by atoms with Crippen molar-refractivity contribution in [1.29, 1.82) is 0 Å². The molecule has 0 aromatic carbocycles. The largest absolute Gasteiger partial charge is 0.311 e. The van der Waals surface area contributed by atoms with Gasteiger partial charge in [-0.15, -0.1) is 0 Å². The van der Waals surface area contributed by atoms with Gasteiger partial charge in [0, 0.05) is 30.7 Å². The van der Waals surface area contributed by atoms with Gasteiger partial charge in [0.15, 0.2) is 0 Å². The van der Waals surface area contributed by atoms with Crippen LogP contribution in [-0.2, 0) is 0 Å². The van der Waals surface area contributed by atoms with Gasteiger partial charge in [-0.05, 0) is 58.8 Å². The van der Waals surface area contributed by atoms with Crippen LogP contribution in [0.25, 0.3) is 0 Å². The summed E-state index contributed by atoms with van der Waals surface area (Å²) in [5.41, 5.74) is 0.615. The van der Waals surface area contributed by atoms with Crippen LogP contribution in [0.15, 0.2) is 0 Å². The summed E-state index contributed by atoms with van der Waals surface area (Å²) < 4.78 is 0. The molecule has 1 heterocycles. The summed E-state index contributed by atoms with van der Waals surface area (Å²) in [6, 6.07) is 1.58. The molecule has 0 radical (unpaired) electrons. The first kappa shape index (κ1) is 18.0. The molecule has 3 atom stereocenters. The minimum absolute atomic E-state index is 0.218. The van der Waals surface area contributed by atoms with Gasteiger partial charge in [0.1, 0.15) is 0 Å². The van der Waals surface area contributed by atoms with Crippen molar-refractivity contribution in [3.05, 3.63) is 0 Å². The second-order valence-electron chi connectivity index (χ2n) is 8.32. The maximum absolute atomic E-state index is 3.74. The van der Waals surface area contributed by atoms with Crippen molar-refractivity contribution in [2.45, 2.75) is 98.2 Å². The van der Waals surface area contributed by atoms with Crippen molar-refractivity contribution >= 4 is 0 Å². The third-order valence-corrected chi connectivity index (χ3v) is 4.89. The number of nitrogens with zero attached hydrogens (tertiary/aromatic N) is 1. The lowest BCUT2D eigenvalue weighted by Gasteiger charge is -2.40. The molecule has 2 nitrogen and oxygen atoms in total. The van der Waals surface area contributed by atoms with E-state index < -0.39 is 0 Å². The van der Waals surface area contributed by atoms with E-state index in [2.05, 4.69) is 58.7 Å². The molecule has 1 rings (SSSR count). The van der Waals surface area contributed by atoms with Crippen molar-refractivity contribution in [3.63, 3.8) is 0 Å². The molecule has 3 unspecified atom stereocenters. The minimum atomic E-state index is 0.218. The molecule has 1 N–H and O–H groups in total. The maximum Gasteiger partial charge on any atom is 0.00967 e. The molecule has 0 amide bonds. The van der Waals surface area contributed by atoms with Gasteiger partial charge in [0.05, 0.1) is 0 Å². The number of likely N-dealkylation sites (tertiary alicyclic amines) is 1. The molecule has 120 valence electrons. The standard InChI is InChI=1S/C18H38N2/c1-8-12-18(7,13-19-17(4,5)6)14-20-15(3)10-11-16(20)9-2/h15-16,19H,8-14H2,1-7H3. The van der Waals surface area contributed by atoms with Gasteiger partial charge in [-0.3, -0.25) is 4.90 Å². The maximum atomic E-state index is 3.74. The lowest BCUT2D eigenvalue weighted by molar-refractivity contribution is 0.103. The van der Waals surface area contributed by atoms with E-state index in [1.54, 1.807) is 0 Å². The van der Waals surface area contributed by atoms with Gasteiger partial charge in [-0.1, -0.05) is 27.2 Å². The Balaban J connectivity index is 2.69. The van der Waals surface area contributed by atoms with Crippen molar-refractivity contribution in [2.24, 2.45) is 5.41 Å². The highest BCUT2D eigenvalue weighted by molar-refractivity contribution is 4.91. The number of nitrogens with one attached hydrogen (secondary N) is 1. The Morgan fingerprint density at radius 3 is 2.25 bits per heavy atom. The molecule has 0 aliphatic carbocycles. The van der Waals surface area contributed by atoms with Gasteiger partial charge in [0.25, 0.3) is 0 Å². The molecule has 1 aliphatic heterocycles. The van der Waals surface area contributed by atoms with Crippen LogP contribution < -0.4 is 5.32 Å². The quantitative estimate of drug-likeness (QED) is 0.742. The van der Waals surface area contributed by atoms with Crippen LogP contribution in [0.5, 0.6) is 0 Å². The second kappa shape index (κ2) is 7.26. The Morgan fingerprint density at radius 1 is 1.10 bits per heavy atom. The van der Waals surface area contributed by atoms with Crippen LogP contribution in [0.4, 0.5) is 0 Å². The Hall–Kier alpha value is -0.0800. The average Bonchev–Trinajstić information content (AvgIpc) is 2.68. The molecule has 1 aliphatic rings. The van der Waals surface area contributed by atoms with Gasteiger partial charge < -0.3 is 5.32 Å². The molecule has 1 saturated heterocycles. The minimum Gasteiger partial charge on any atom is -0.311 e. The van der Waals surface area contributed by atoms with E-state index in [1.807, 2.05) is 0 Å². The summed E-state index contributed by atoms with van der Waals surface area (Å²) in [7, 11) is 0. The molecule has 2 heteroatoms. The topological polar surface area (TPSA) is 15.3 Å². The number of hydrogen-bond donors (Lipinski definition) is 1. The number of hydrogen-bond acceptors (Lipinski definition) is 2. The van der Waals surface area contributed by atoms with Crippen molar-refractivity contribution in [1.82, 2.24) is 10.2 Å². The van der Waals surface area contributed by atoms with Crippen LogP contribution in [0.3, 0.4) is 0 Å². The zero-order valence-electron chi connectivity index (χ0n) is 15.1. The van der Waals surface area contributed by atoms with E-state index in [9.17, 15) is 0 Å². The SMILES string of the molecule is CCCC(C)(CNC(C)(C)C)CN1C(C)CCC1CC. The summed E-state index contributed by atoms with van der Waals surface area (Å²) >= 11 is 0. The van der Waals surface area contributed by atoms with E-state index >= 15 is 0 Å². The van der Waals surface area contributed by atoms with E-state index in [4.69, 9.17) is 0 Å². The predicted molar refractivity (Wildman–Crippen MR) is 90.3 cm³/mol. The highest BCUT2D eigenvalue weighted by atomic mass is 15.2. The smallest absolute Gasteiger partial charge is 0.00967 e. The molecule has 1 fully saturated rings. The highest BCUT2D eigenvalue weighted by Crippen LogP contribution is 2.32. The normalized spacial score (nSPS) is 27.8. The van der Waals surface area contributed by atoms with E-state index in [1.165, 1.54) is 38.6 Å². The summed E-state index contributed by atoms with van der Waals surface area (Å²) in [6.45, 7) is 18.8. The van der Waals surface area contributed by atoms with Crippen LogP contribution in [0.1, 0.15) is 80.6 Å². The van der Waals surface area contributed by atoms with Gasteiger partial charge >= 0.3 is 0 Å². The Kier molecular flexibility index (Phi) is 6.53. The molecular formula is C18H38N2. The molecule has 0 bridgehead atoms. The zero-order valence-corrected chi connectivity index (χ0v) is 15.1. The fraction of sp³-hybridized carbons (Fsp3) is 1.00.